The van der Waals surface area contributed by atoms with E-state index in [1.807, 2.05) is 11.0 Å². The van der Waals surface area contributed by atoms with Crippen molar-refractivity contribution in [3.05, 3.63) is 29.6 Å². The molecule has 4 rings (SSSR count). The molecule has 23 heavy (non-hydrogen) atoms. The van der Waals surface area contributed by atoms with Crippen molar-refractivity contribution in [2.45, 2.75) is 37.6 Å². The van der Waals surface area contributed by atoms with Crippen LogP contribution in [-0.4, -0.2) is 66.1 Å². The Labute approximate surface area is 137 Å². The van der Waals surface area contributed by atoms with E-state index in [1.54, 1.807) is 6.20 Å². The van der Waals surface area contributed by atoms with E-state index in [0.717, 1.165) is 52.2 Å². The smallest absolute Gasteiger partial charge is 0.272 e. The number of carbonyl (C=O) groups excluding carboxylic acids is 1. The molecule has 1 amide bonds. The van der Waals surface area contributed by atoms with Crippen LogP contribution < -0.4 is 0 Å². The zero-order chi connectivity index (χ0) is 15.6. The zero-order valence-corrected chi connectivity index (χ0v) is 13.6. The summed E-state index contributed by atoms with van der Waals surface area (Å²) in [6.45, 7) is 5.32. The van der Waals surface area contributed by atoms with Crippen LogP contribution in [0.4, 0.5) is 0 Å². The summed E-state index contributed by atoms with van der Waals surface area (Å²) < 4.78 is 5.44. The number of pyridine rings is 1. The van der Waals surface area contributed by atoms with Gasteiger partial charge < -0.3 is 9.64 Å². The third-order valence-electron chi connectivity index (χ3n) is 5.36. The minimum absolute atomic E-state index is 0.0964. The predicted molar refractivity (Wildman–Crippen MR) is 87.5 cm³/mol. The summed E-state index contributed by atoms with van der Waals surface area (Å²) in [7, 11) is 0. The first-order chi connectivity index (χ1) is 11.3. The van der Waals surface area contributed by atoms with Gasteiger partial charge in [-0.1, -0.05) is 0 Å². The Kier molecular flexibility index (Phi) is 4.31. The van der Waals surface area contributed by atoms with Crippen LogP contribution in [0.5, 0.6) is 0 Å². The Morgan fingerprint density at radius 2 is 1.83 bits per heavy atom. The number of carbonyl (C=O) groups is 1. The number of aromatic nitrogens is 1. The van der Waals surface area contributed by atoms with Crippen LogP contribution in [0.3, 0.4) is 0 Å². The third kappa shape index (κ3) is 3.40. The van der Waals surface area contributed by atoms with Crippen molar-refractivity contribution < 1.29 is 9.53 Å². The molecule has 0 atom stereocenters. The fraction of sp³-hybridized carbons (Fsp3) is 0.667. The van der Waals surface area contributed by atoms with Gasteiger partial charge in [-0.25, -0.2) is 0 Å². The van der Waals surface area contributed by atoms with Crippen LogP contribution >= 0.6 is 0 Å². The van der Waals surface area contributed by atoms with Crippen molar-refractivity contribution in [1.82, 2.24) is 14.8 Å². The highest BCUT2D eigenvalue weighted by atomic mass is 16.5. The summed E-state index contributed by atoms with van der Waals surface area (Å²) in [5.74, 6) is 0.758. The van der Waals surface area contributed by atoms with E-state index in [4.69, 9.17) is 4.74 Å². The summed E-state index contributed by atoms with van der Waals surface area (Å²) in [5.41, 5.74) is 1.90. The van der Waals surface area contributed by atoms with Gasteiger partial charge in [0.1, 0.15) is 5.69 Å². The first-order valence-corrected chi connectivity index (χ1v) is 8.88. The zero-order valence-electron chi connectivity index (χ0n) is 13.6. The number of amides is 1. The second-order valence-electron chi connectivity index (χ2n) is 6.92. The Balaban J connectivity index is 1.36. The van der Waals surface area contributed by atoms with Gasteiger partial charge in [0.2, 0.25) is 0 Å². The molecular formula is C18H25N3O2. The minimum Gasteiger partial charge on any atom is -0.381 e. The lowest BCUT2D eigenvalue weighted by Crippen LogP contribution is -2.53. The van der Waals surface area contributed by atoms with Gasteiger partial charge in [-0.15, -0.1) is 0 Å². The Morgan fingerprint density at radius 1 is 1.09 bits per heavy atom. The molecule has 2 aliphatic heterocycles. The highest BCUT2D eigenvalue weighted by molar-refractivity contribution is 5.92. The highest BCUT2D eigenvalue weighted by Gasteiger charge is 2.29. The van der Waals surface area contributed by atoms with Crippen molar-refractivity contribution in [1.29, 1.82) is 0 Å². The molecule has 0 spiro atoms. The summed E-state index contributed by atoms with van der Waals surface area (Å²) >= 11 is 0. The van der Waals surface area contributed by atoms with Crippen molar-refractivity contribution in [2.24, 2.45) is 0 Å². The molecule has 1 saturated carbocycles. The fourth-order valence-electron chi connectivity index (χ4n) is 3.74. The number of nitrogens with zero attached hydrogens (tertiary/aromatic N) is 3. The minimum atomic E-state index is 0.0964. The molecule has 124 valence electrons. The standard InChI is InChI=1S/C18H25N3O2/c22-18(17-13-15(3-6-19-17)14-1-2-14)21-9-7-20(8-10-21)16-4-11-23-12-5-16/h3,6,13-14,16H,1-2,4-5,7-12H2. The Morgan fingerprint density at radius 3 is 2.52 bits per heavy atom. The molecule has 3 aliphatic rings. The van der Waals surface area contributed by atoms with Crippen molar-refractivity contribution in [2.75, 3.05) is 39.4 Å². The van der Waals surface area contributed by atoms with Crippen LogP contribution in [0.1, 0.15) is 47.7 Å². The fourth-order valence-corrected chi connectivity index (χ4v) is 3.74. The molecule has 0 N–H and O–H groups in total. The molecular weight excluding hydrogens is 290 g/mol. The van der Waals surface area contributed by atoms with Crippen molar-refractivity contribution >= 4 is 5.91 Å². The van der Waals surface area contributed by atoms with Gasteiger partial charge in [0.25, 0.3) is 5.91 Å². The molecule has 3 fully saturated rings. The molecule has 1 aromatic heterocycles. The summed E-state index contributed by atoms with van der Waals surface area (Å²) in [5, 5.41) is 0. The second kappa shape index (κ2) is 6.57. The molecule has 2 saturated heterocycles. The number of rotatable bonds is 3. The maximum absolute atomic E-state index is 12.7. The van der Waals surface area contributed by atoms with Crippen LogP contribution in [0.25, 0.3) is 0 Å². The van der Waals surface area contributed by atoms with E-state index in [2.05, 4.69) is 16.0 Å². The van der Waals surface area contributed by atoms with Gasteiger partial charge in [-0.05, 0) is 49.3 Å². The number of piperazine rings is 1. The lowest BCUT2D eigenvalue weighted by molar-refractivity contribution is 0.0136. The summed E-state index contributed by atoms with van der Waals surface area (Å²) in [6, 6.07) is 4.69. The molecule has 1 aromatic rings. The molecule has 0 bridgehead atoms. The Hall–Kier alpha value is -1.46. The Bertz CT molecular complexity index is 559. The van der Waals surface area contributed by atoms with Gasteiger partial charge >= 0.3 is 0 Å². The molecule has 5 nitrogen and oxygen atoms in total. The van der Waals surface area contributed by atoms with Gasteiger partial charge in [0.15, 0.2) is 0 Å². The molecule has 0 unspecified atom stereocenters. The summed E-state index contributed by atoms with van der Waals surface area (Å²) in [6.07, 6.45) is 6.54. The van der Waals surface area contributed by atoms with E-state index >= 15 is 0 Å². The van der Waals surface area contributed by atoms with Crippen LogP contribution in [0, 0.1) is 0 Å². The topological polar surface area (TPSA) is 45.7 Å². The molecule has 1 aliphatic carbocycles. The number of hydrogen-bond acceptors (Lipinski definition) is 4. The monoisotopic (exact) mass is 315 g/mol. The lowest BCUT2D eigenvalue weighted by Gasteiger charge is -2.40. The molecule has 5 heteroatoms. The molecule has 0 radical (unpaired) electrons. The maximum atomic E-state index is 12.7. The van der Waals surface area contributed by atoms with Gasteiger partial charge in [-0.3, -0.25) is 14.7 Å². The van der Waals surface area contributed by atoms with E-state index < -0.39 is 0 Å². The first kappa shape index (κ1) is 15.1. The average Bonchev–Trinajstić information content (AvgIpc) is 3.47. The van der Waals surface area contributed by atoms with Crippen molar-refractivity contribution in [3.8, 4) is 0 Å². The van der Waals surface area contributed by atoms with E-state index in [9.17, 15) is 4.79 Å². The van der Waals surface area contributed by atoms with Gasteiger partial charge in [-0.2, -0.15) is 0 Å². The molecule has 3 heterocycles. The highest BCUT2D eigenvalue weighted by Crippen LogP contribution is 2.39. The van der Waals surface area contributed by atoms with Crippen LogP contribution in [0.2, 0.25) is 0 Å². The SMILES string of the molecule is O=C(c1cc(C2CC2)ccn1)N1CCN(C2CCOCC2)CC1. The van der Waals surface area contributed by atoms with Crippen LogP contribution in [-0.2, 0) is 4.74 Å². The summed E-state index contributed by atoms with van der Waals surface area (Å²) in [4.78, 5) is 21.5. The van der Waals surface area contributed by atoms with Crippen molar-refractivity contribution in [3.63, 3.8) is 0 Å². The average molecular weight is 315 g/mol. The maximum Gasteiger partial charge on any atom is 0.272 e. The predicted octanol–water partition coefficient (Wildman–Crippen LogP) is 1.90. The van der Waals surface area contributed by atoms with E-state index in [-0.39, 0.29) is 5.91 Å². The lowest BCUT2D eigenvalue weighted by atomic mass is 10.1. The largest absolute Gasteiger partial charge is 0.381 e. The van der Waals surface area contributed by atoms with E-state index in [0.29, 0.717) is 17.7 Å². The van der Waals surface area contributed by atoms with Gasteiger partial charge in [0, 0.05) is 51.6 Å². The number of ether oxygens (including phenoxy) is 1. The molecule has 0 aromatic carbocycles. The quantitative estimate of drug-likeness (QED) is 0.854. The van der Waals surface area contributed by atoms with E-state index in [1.165, 1.54) is 18.4 Å². The third-order valence-corrected chi connectivity index (χ3v) is 5.36. The first-order valence-electron chi connectivity index (χ1n) is 8.88. The van der Waals surface area contributed by atoms with Crippen LogP contribution in [0.15, 0.2) is 18.3 Å². The number of hydrogen-bond donors (Lipinski definition) is 0. The van der Waals surface area contributed by atoms with Gasteiger partial charge in [0.05, 0.1) is 0 Å². The normalized spacial score (nSPS) is 23.9. The second-order valence-corrected chi connectivity index (χ2v) is 6.92.